The molecule has 0 unspecified atom stereocenters. The van der Waals surface area contributed by atoms with Crippen molar-refractivity contribution in [1.29, 1.82) is 0 Å². The van der Waals surface area contributed by atoms with Gasteiger partial charge in [0.25, 0.3) is 0 Å². The highest BCUT2D eigenvalue weighted by molar-refractivity contribution is 5.82. The highest BCUT2D eigenvalue weighted by atomic mass is 19.4. The summed E-state index contributed by atoms with van der Waals surface area (Å²) in [4.78, 5) is 19.7. The Hall–Kier alpha value is -3.40. The van der Waals surface area contributed by atoms with Gasteiger partial charge in [0, 0.05) is 12.0 Å². The number of rotatable bonds is 5. The number of halogens is 3. The molecule has 7 heteroatoms. The van der Waals surface area contributed by atoms with Gasteiger partial charge in [0.05, 0.1) is 18.6 Å². The quantitative estimate of drug-likeness (QED) is 0.575. The van der Waals surface area contributed by atoms with Crippen molar-refractivity contribution in [3.63, 3.8) is 0 Å². The molecule has 0 fully saturated rings. The molecule has 0 N–H and O–H groups in total. The maximum atomic E-state index is 12.7. The van der Waals surface area contributed by atoms with E-state index in [2.05, 4.69) is 9.83 Å². The molecular formula is C20H13F3N2O2. The first-order chi connectivity index (χ1) is 12.8. The second kappa shape index (κ2) is 7.46. The van der Waals surface area contributed by atoms with E-state index < -0.39 is 11.7 Å². The number of aromatic nitrogens is 1. The molecule has 1 heterocycles. The van der Waals surface area contributed by atoms with Crippen LogP contribution < -0.4 is 0 Å². The van der Waals surface area contributed by atoms with Crippen LogP contribution in [0.5, 0.6) is 0 Å². The Kier molecular flexibility index (Phi) is 5.08. The molecule has 136 valence electrons. The first-order valence-corrected chi connectivity index (χ1v) is 7.95. The minimum Gasteiger partial charge on any atom is -0.448 e. The monoisotopic (exact) mass is 370 g/mol. The summed E-state index contributed by atoms with van der Waals surface area (Å²) in [5, 5.41) is 0. The van der Waals surface area contributed by atoms with Crippen molar-refractivity contribution in [3.05, 3.63) is 83.2 Å². The van der Waals surface area contributed by atoms with Crippen molar-refractivity contribution in [1.82, 2.24) is 4.98 Å². The molecule has 27 heavy (non-hydrogen) atoms. The summed E-state index contributed by atoms with van der Waals surface area (Å²) < 4.78 is 43.5. The van der Waals surface area contributed by atoms with Gasteiger partial charge in [-0.3, -0.25) is 4.79 Å². The van der Waals surface area contributed by atoms with Crippen molar-refractivity contribution in [2.24, 2.45) is 0 Å². The van der Waals surface area contributed by atoms with E-state index in [-0.39, 0.29) is 30.1 Å². The lowest BCUT2D eigenvalue weighted by Crippen LogP contribution is -2.09. The maximum Gasteiger partial charge on any atom is 0.416 e. The number of hydrogen-bond acceptors (Lipinski definition) is 3. The summed E-state index contributed by atoms with van der Waals surface area (Å²) in [5.74, 6) is -0.109. The van der Waals surface area contributed by atoms with Crippen LogP contribution in [0, 0.1) is 6.57 Å². The largest absolute Gasteiger partial charge is 0.448 e. The highest BCUT2D eigenvalue weighted by Gasteiger charge is 2.30. The highest BCUT2D eigenvalue weighted by Crippen LogP contribution is 2.29. The summed E-state index contributed by atoms with van der Waals surface area (Å²) in [6.45, 7) is 6.93. The number of alkyl halides is 3. The molecule has 0 atom stereocenters. The van der Waals surface area contributed by atoms with Gasteiger partial charge in [-0.05, 0) is 11.6 Å². The number of Topliss-reactive ketones (excluding diaryl/α,β-unsaturated/α-hetero) is 1. The van der Waals surface area contributed by atoms with Crippen LogP contribution in [0.2, 0.25) is 0 Å². The normalized spacial score (nSPS) is 11.2. The van der Waals surface area contributed by atoms with Crippen LogP contribution in [0.4, 0.5) is 18.9 Å². The third kappa shape index (κ3) is 4.61. The zero-order valence-corrected chi connectivity index (χ0v) is 14.0. The molecule has 2 aromatic carbocycles. The van der Waals surface area contributed by atoms with Crippen molar-refractivity contribution >= 4 is 11.5 Å². The Morgan fingerprint density at radius 2 is 1.85 bits per heavy atom. The molecule has 3 rings (SSSR count). The number of carbonyl (C=O) groups excluding carboxylic acids is 1. The predicted molar refractivity (Wildman–Crippen MR) is 92.1 cm³/mol. The zero-order chi connectivity index (χ0) is 19.4. The molecule has 0 aliphatic carbocycles. The molecule has 0 bridgehead atoms. The minimum atomic E-state index is -4.45. The van der Waals surface area contributed by atoms with Gasteiger partial charge in [0.2, 0.25) is 5.89 Å². The lowest BCUT2D eigenvalue weighted by Gasteiger charge is -2.08. The van der Waals surface area contributed by atoms with Gasteiger partial charge in [-0.2, -0.15) is 13.2 Å². The fraction of sp³-hybridized carbons (Fsp3) is 0.150. The summed E-state index contributed by atoms with van der Waals surface area (Å²) >= 11 is 0. The first-order valence-electron chi connectivity index (χ1n) is 7.95. The van der Waals surface area contributed by atoms with Crippen molar-refractivity contribution in [2.45, 2.75) is 19.0 Å². The maximum absolute atomic E-state index is 12.7. The fourth-order valence-electron chi connectivity index (χ4n) is 2.55. The molecule has 4 nitrogen and oxygen atoms in total. The molecule has 0 saturated carbocycles. The van der Waals surface area contributed by atoms with Crippen molar-refractivity contribution < 1.29 is 22.4 Å². The number of benzene rings is 2. The summed E-state index contributed by atoms with van der Waals surface area (Å²) in [7, 11) is 0. The molecule has 0 aliphatic heterocycles. The van der Waals surface area contributed by atoms with Gasteiger partial charge in [-0.1, -0.05) is 42.5 Å². The van der Waals surface area contributed by atoms with Crippen molar-refractivity contribution in [3.8, 4) is 11.3 Å². The third-order valence-corrected chi connectivity index (χ3v) is 3.85. The van der Waals surface area contributed by atoms with Crippen LogP contribution in [-0.2, 0) is 23.8 Å². The standard InChI is InChI=1S/C20H13F3N2O2/c1-24-16-7-5-14(6-8-16)18-12-27-19(25-18)11-17(26)10-13-3-2-4-15(9-13)20(21,22)23/h2-9,12H,10-11H2. The third-order valence-electron chi connectivity index (χ3n) is 3.85. The average Bonchev–Trinajstić information content (AvgIpc) is 3.09. The predicted octanol–water partition coefficient (Wildman–Crippen LogP) is 5.27. The lowest BCUT2D eigenvalue weighted by atomic mass is 10.0. The molecular weight excluding hydrogens is 357 g/mol. The van der Waals surface area contributed by atoms with Gasteiger partial charge in [0.1, 0.15) is 17.7 Å². The molecule has 0 spiro atoms. The number of hydrogen-bond donors (Lipinski definition) is 0. The molecule has 0 radical (unpaired) electrons. The summed E-state index contributed by atoms with van der Waals surface area (Å²) in [6.07, 6.45) is -3.29. The van der Waals surface area contributed by atoms with Gasteiger partial charge in [-0.15, -0.1) is 0 Å². The number of ketones is 1. The van der Waals surface area contributed by atoms with Crippen LogP contribution in [0.15, 0.2) is 59.2 Å². The molecule has 3 aromatic rings. The van der Waals surface area contributed by atoms with Gasteiger partial charge >= 0.3 is 6.18 Å². The van der Waals surface area contributed by atoms with Gasteiger partial charge in [-0.25, -0.2) is 9.83 Å². The van der Waals surface area contributed by atoms with E-state index >= 15 is 0 Å². The smallest absolute Gasteiger partial charge is 0.416 e. The van der Waals surface area contributed by atoms with Gasteiger partial charge in [0.15, 0.2) is 5.69 Å². The van der Waals surface area contributed by atoms with Crippen LogP contribution >= 0.6 is 0 Å². The van der Waals surface area contributed by atoms with E-state index in [1.807, 2.05) is 0 Å². The average molecular weight is 370 g/mol. The first kappa shape index (κ1) is 18.4. The van der Waals surface area contributed by atoms with E-state index in [4.69, 9.17) is 11.0 Å². The minimum absolute atomic E-state index is 0.115. The Balaban J connectivity index is 1.67. The molecule has 0 amide bonds. The Bertz CT molecular complexity index is 999. The lowest BCUT2D eigenvalue weighted by molar-refractivity contribution is -0.137. The fourth-order valence-corrected chi connectivity index (χ4v) is 2.55. The Labute approximate surface area is 153 Å². The van der Waals surface area contributed by atoms with Crippen LogP contribution in [0.1, 0.15) is 17.0 Å². The van der Waals surface area contributed by atoms with E-state index in [9.17, 15) is 18.0 Å². The second-order valence-corrected chi connectivity index (χ2v) is 5.88. The summed E-state index contributed by atoms with van der Waals surface area (Å²) in [5.41, 5.74) is 1.26. The molecule has 0 saturated heterocycles. The topological polar surface area (TPSA) is 47.5 Å². The molecule has 0 aliphatic rings. The van der Waals surface area contributed by atoms with E-state index in [0.29, 0.717) is 11.4 Å². The number of nitrogens with zero attached hydrogens (tertiary/aromatic N) is 2. The van der Waals surface area contributed by atoms with E-state index in [1.54, 1.807) is 24.3 Å². The van der Waals surface area contributed by atoms with E-state index in [1.165, 1.54) is 18.4 Å². The van der Waals surface area contributed by atoms with E-state index in [0.717, 1.165) is 17.7 Å². The van der Waals surface area contributed by atoms with Crippen LogP contribution in [0.25, 0.3) is 16.1 Å². The number of carbonyl (C=O) groups is 1. The molecule has 1 aromatic heterocycles. The second-order valence-electron chi connectivity index (χ2n) is 5.88. The Morgan fingerprint density at radius 1 is 1.11 bits per heavy atom. The summed E-state index contributed by atoms with van der Waals surface area (Å²) in [6, 6.07) is 11.4. The van der Waals surface area contributed by atoms with Crippen LogP contribution in [-0.4, -0.2) is 10.8 Å². The van der Waals surface area contributed by atoms with Crippen molar-refractivity contribution in [2.75, 3.05) is 0 Å². The zero-order valence-electron chi connectivity index (χ0n) is 14.0. The Morgan fingerprint density at radius 3 is 2.52 bits per heavy atom. The number of oxazole rings is 1. The van der Waals surface area contributed by atoms with Crippen LogP contribution in [0.3, 0.4) is 0 Å². The van der Waals surface area contributed by atoms with Gasteiger partial charge < -0.3 is 4.42 Å². The SMILES string of the molecule is [C-]#[N+]c1ccc(-c2coc(CC(=O)Cc3cccc(C(F)(F)F)c3)n2)cc1.